The summed E-state index contributed by atoms with van der Waals surface area (Å²) in [7, 11) is 0. The van der Waals surface area contributed by atoms with Gasteiger partial charge >= 0.3 is 57.3 Å². The predicted molar refractivity (Wildman–Crippen MR) is 72.5 cm³/mol. The van der Waals surface area contributed by atoms with E-state index in [1.807, 2.05) is 0 Å². The summed E-state index contributed by atoms with van der Waals surface area (Å²) in [4.78, 5) is 57.8. The van der Waals surface area contributed by atoms with E-state index in [1.165, 1.54) is 0 Å². The van der Waals surface area contributed by atoms with Crippen molar-refractivity contribution in [2.75, 3.05) is 0 Å². The van der Waals surface area contributed by atoms with Crippen molar-refractivity contribution in [3.63, 3.8) is 0 Å². The third-order valence-electron chi connectivity index (χ3n) is 0. The summed E-state index contributed by atoms with van der Waals surface area (Å²) in [5.74, 6) is 0. The fourth-order valence-electron chi connectivity index (χ4n) is 0. The molecule has 0 aromatic carbocycles. The molecule has 28 nitrogen and oxygen atoms in total. The van der Waals surface area contributed by atoms with E-state index in [2.05, 4.69) is 0 Å². The summed E-state index contributed by atoms with van der Waals surface area (Å²) in [5.41, 5.74) is 0. The SMILES string of the molecule is O=[N+]([O-])[O-].O=[N+]([O-])[O-].O=[N+]([O-])[O-].O=[N+]([O-])[O-].O=[N+]([O-])[O-].O=[N+]([O-])[O-].O=[N+]([O-])[O-].[La+3].[Ti+4]. The minimum Gasteiger partial charge on any atom is -0.356 e. The zero-order valence-corrected chi connectivity index (χ0v) is 18.0. The van der Waals surface area contributed by atoms with Crippen LogP contribution in [0.3, 0.4) is 0 Å². The Balaban J connectivity index is -0.0000000242. The second-order valence-corrected chi connectivity index (χ2v) is 1.57. The Kier molecular flexibility index (Phi) is 93.6. The molecular formula is LaN7O21Ti. The first-order valence-electron chi connectivity index (χ1n) is 3.83. The van der Waals surface area contributed by atoms with Crippen molar-refractivity contribution >= 4 is 0 Å². The first-order chi connectivity index (χ1) is 12.1. The normalized spacial score (nSPS) is 5.60. The van der Waals surface area contributed by atoms with Crippen molar-refractivity contribution in [3.05, 3.63) is 107 Å². The number of rotatable bonds is 0. The van der Waals surface area contributed by atoms with Crippen molar-refractivity contribution in [1.29, 1.82) is 0 Å². The molecule has 30 heavy (non-hydrogen) atoms. The zero-order valence-electron chi connectivity index (χ0n) is 12.8. The van der Waals surface area contributed by atoms with Crippen LogP contribution in [0.15, 0.2) is 0 Å². The van der Waals surface area contributed by atoms with Gasteiger partial charge in [0.15, 0.2) is 0 Å². The molecule has 0 aromatic rings. The second-order valence-electron chi connectivity index (χ2n) is 1.57. The standard InChI is InChI=1S/La.7NO3.Ti/c;7*2-1(3)4;/q+3;7*-1;+4. The Morgan fingerprint density at radius 2 is 0.267 bits per heavy atom. The van der Waals surface area contributed by atoms with Crippen molar-refractivity contribution < 1.29 is 92.9 Å². The van der Waals surface area contributed by atoms with E-state index >= 15 is 0 Å². The molecular weight excluding hydrogens is 621 g/mol. The molecule has 0 radical (unpaired) electrons. The summed E-state index contributed by atoms with van der Waals surface area (Å²) in [6.45, 7) is 0. The average molecular weight is 621 g/mol. The molecule has 0 amide bonds. The third-order valence-corrected chi connectivity index (χ3v) is 0. The van der Waals surface area contributed by atoms with Gasteiger partial charge in [0, 0.05) is 0 Å². The molecule has 0 fully saturated rings. The maximum absolute atomic E-state index is 8.25. The Bertz CT molecular complexity index is 314. The Morgan fingerprint density at radius 1 is 0.267 bits per heavy atom. The molecule has 0 unspecified atom stereocenters. The van der Waals surface area contributed by atoms with E-state index < -0.39 is 35.6 Å². The molecule has 0 N–H and O–H groups in total. The molecule has 0 aliphatic carbocycles. The Labute approximate surface area is 199 Å². The second kappa shape index (κ2) is 49.9. The van der Waals surface area contributed by atoms with Crippen LogP contribution in [0.2, 0.25) is 0 Å². The van der Waals surface area contributed by atoms with Gasteiger partial charge in [0.05, 0.1) is 35.6 Å². The third kappa shape index (κ3) is 970. The largest absolute Gasteiger partial charge is 4.00 e. The predicted octanol–water partition coefficient (Wildman–Crippen LogP) is -1.68. The monoisotopic (exact) mass is 621 g/mol. The molecule has 0 heterocycles. The van der Waals surface area contributed by atoms with Crippen LogP contribution in [0, 0.1) is 143 Å². The smallest absolute Gasteiger partial charge is 0.356 e. The first-order valence-corrected chi connectivity index (χ1v) is 3.83. The average Bonchev–Trinajstić information content (AvgIpc) is 2.20. The van der Waals surface area contributed by atoms with Crippen LogP contribution < -0.4 is 0 Å². The molecule has 0 atom stereocenters. The van der Waals surface area contributed by atoms with Crippen LogP contribution in [0.5, 0.6) is 0 Å². The van der Waals surface area contributed by atoms with Gasteiger partial charge in [-0.3, -0.25) is 0 Å². The van der Waals surface area contributed by atoms with E-state index in [-0.39, 0.29) is 57.3 Å². The van der Waals surface area contributed by atoms with Gasteiger partial charge in [-0.05, 0) is 0 Å². The molecule has 0 saturated heterocycles. The van der Waals surface area contributed by atoms with Gasteiger partial charge in [-0.25, -0.2) is 0 Å². The molecule has 0 aliphatic heterocycles. The van der Waals surface area contributed by atoms with Crippen LogP contribution in [-0.4, -0.2) is 35.6 Å². The van der Waals surface area contributed by atoms with Crippen LogP contribution in [0.25, 0.3) is 0 Å². The number of hydrogen-bond acceptors (Lipinski definition) is 21. The van der Waals surface area contributed by atoms with E-state index in [1.54, 1.807) is 0 Å². The van der Waals surface area contributed by atoms with Gasteiger partial charge in [-0.2, -0.15) is 0 Å². The molecule has 0 saturated carbocycles. The van der Waals surface area contributed by atoms with Crippen molar-refractivity contribution in [2.24, 2.45) is 0 Å². The molecule has 0 rings (SSSR count). The quantitative estimate of drug-likeness (QED) is 0.166. The Morgan fingerprint density at radius 3 is 0.267 bits per heavy atom. The van der Waals surface area contributed by atoms with Crippen LogP contribution in [0.1, 0.15) is 0 Å². The van der Waals surface area contributed by atoms with Gasteiger partial charge < -0.3 is 107 Å². The van der Waals surface area contributed by atoms with Gasteiger partial charge in [0.2, 0.25) is 0 Å². The van der Waals surface area contributed by atoms with E-state index in [0.717, 1.165) is 0 Å². The summed E-state index contributed by atoms with van der Waals surface area (Å²) in [6.07, 6.45) is 0. The van der Waals surface area contributed by atoms with Crippen LogP contribution in [-0.2, 0) is 21.7 Å². The maximum Gasteiger partial charge on any atom is 4.00 e. The minimum atomic E-state index is -1.75. The molecule has 0 aromatic heterocycles. The van der Waals surface area contributed by atoms with Crippen molar-refractivity contribution in [2.45, 2.75) is 0 Å². The number of hydrogen-bond donors (Lipinski definition) is 0. The van der Waals surface area contributed by atoms with Crippen molar-refractivity contribution in [3.8, 4) is 0 Å². The maximum atomic E-state index is 8.25. The molecule has 0 spiro atoms. The topological polar surface area (TPSA) is 463 Å². The zero-order chi connectivity index (χ0) is 25.0. The summed E-state index contributed by atoms with van der Waals surface area (Å²) < 4.78 is 0. The van der Waals surface area contributed by atoms with Gasteiger partial charge in [0.1, 0.15) is 0 Å². The van der Waals surface area contributed by atoms with Gasteiger partial charge in [-0.1, -0.05) is 0 Å². The van der Waals surface area contributed by atoms with E-state index in [9.17, 15) is 0 Å². The first kappa shape index (κ1) is 56.2. The number of nitrogens with zero attached hydrogens (tertiary/aromatic N) is 7. The fourth-order valence-corrected chi connectivity index (χ4v) is 0. The van der Waals surface area contributed by atoms with Crippen LogP contribution >= 0.6 is 0 Å². The van der Waals surface area contributed by atoms with Gasteiger partial charge in [0.25, 0.3) is 0 Å². The molecule has 30 heteroatoms. The summed E-state index contributed by atoms with van der Waals surface area (Å²) >= 11 is 0. The van der Waals surface area contributed by atoms with E-state index in [4.69, 9.17) is 107 Å². The van der Waals surface area contributed by atoms with Gasteiger partial charge in [-0.15, -0.1) is 0 Å². The fraction of sp³-hybridized carbons (Fsp3) is 0. The summed E-state index contributed by atoms with van der Waals surface area (Å²) in [5, 5.41) is 103. The van der Waals surface area contributed by atoms with E-state index in [0.29, 0.717) is 0 Å². The minimum absolute atomic E-state index is 0. The molecule has 0 bridgehead atoms. The molecule has 168 valence electrons. The van der Waals surface area contributed by atoms with Crippen molar-refractivity contribution in [1.82, 2.24) is 0 Å². The summed E-state index contributed by atoms with van der Waals surface area (Å²) in [6, 6.07) is 0. The Hall–Kier alpha value is -3.69. The molecule has 0 aliphatic rings. The van der Waals surface area contributed by atoms with Crippen LogP contribution in [0.4, 0.5) is 0 Å².